The highest BCUT2D eigenvalue weighted by atomic mass is 32.1. The second-order valence-electron chi connectivity index (χ2n) is 4.92. The van der Waals surface area contributed by atoms with E-state index in [1.807, 2.05) is 18.2 Å². The normalized spacial score (nSPS) is 11.5. The molecule has 0 aliphatic heterocycles. The summed E-state index contributed by atoms with van der Waals surface area (Å²) in [6, 6.07) is 5.78. The molecule has 0 fully saturated rings. The summed E-state index contributed by atoms with van der Waals surface area (Å²) in [5.74, 6) is 0. The lowest BCUT2D eigenvalue weighted by molar-refractivity contribution is 0.428. The first-order valence-electron chi connectivity index (χ1n) is 5.37. The maximum absolute atomic E-state index is 5.22. The van der Waals surface area contributed by atoms with Crippen molar-refractivity contribution in [2.24, 2.45) is 0 Å². The van der Waals surface area contributed by atoms with Crippen LogP contribution in [0.15, 0.2) is 29.0 Å². The Labute approximate surface area is 105 Å². The van der Waals surface area contributed by atoms with Crippen molar-refractivity contribution in [2.45, 2.75) is 26.3 Å². The molecule has 1 heterocycles. The molecule has 0 radical (unpaired) electrons. The van der Waals surface area contributed by atoms with Crippen molar-refractivity contribution in [3.63, 3.8) is 0 Å². The van der Waals surface area contributed by atoms with Crippen molar-refractivity contribution in [3.05, 3.63) is 24.5 Å². The van der Waals surface area contributed by atoms with Gasteiger partial charge in [0.15, 0.2) is 5.11 Å². The highest BCUT2D eigenvalue weighted by molar-refractivity contribution is 7.80. The van der Waals surface area contributed by atoms with Crippen LogP contribution in [0.25, 0.3) is 10.9 Å². The monoisotopic (exact) mass is 249 g/mol. The third kappa shape index (κ3) is 3.17. The number of thiocarbonyl (C=S) groups is 1. The molecule has 5 heteroatoms. The van der Waals surface area contributed by atoms with Gasteiger partial charge in [0.1, 0.15) is 11.8 Å². The highest BCUT2D eigenvalue weighted by Gasteiger charge is 2.11. The SMILES string of the molecule is CC(C)(C)NC(=S)Nc1ccc2conc2c1. The Hall–Kier alpha value is -1.62. The maximum Gasteiger partial charge on any atom is 0.171 e. The van der Waals surface area contributed by atoms with Gasteiger partial charge in [0.25, 0.3) is 0 Å². The number of benzene rings is 1. The van der Waals surface area contributed by atoms with Crippen LogP contribution in [0.3, 0.4) is 0 Å². The predicted octanol–water partition coefficient (Wildman–Crippen LogP) is 2.91. The molecule has 0 unspecified atom stereocenters. The molecular weight excluding hydrogens is 234 g/mol. The van der Waals surface area contributed by atoms with Gasteiger partial charge in [0.05, 0.1) is 0 Å². The minimum atomic E-state index is -0.0535. The zero-order valence-corrected chi connectivity index (χ0v) is 10.9. The molecule has 0 amide bonds. The van der Waals surface area contributed by atoms with E-state index in [1.165, 1.54) is 0 Å². The van der Waals surface area contributed by atoms with E-state index in [0.29, 0.717) is 5.11 Å². The second-order valence-corrected chi connectivity index (χ2v) is 5.33. The van der Waals surface area contributed by atoms with E-state index >= 15 is 0 Å². The highest BCUT2D eigenvalue weighted by Crippen LogP contribution is 2.17. The van der Waals surface area contributed by atoms with Gasteiger partial charge in [0.2, 0.25) is 0 Å². The number of fused-ring (bicyclic) bond motifs is 1. The lowest BCUT2D eigenvalue weighted by Gasteiger charge is -2.23. The van der Waals surface area contributed by atoms with Crippen LogP contribution in [-0.4, -0.2) is 15.8 Å². The maximum atomic E-state index is 5.22. The summed E-state index contributed by atoms with van der Waals surface area (Å²) in [5, 5.41) is 11.8. The van der Waals surface area contributed by atoms with Gasteiger partial charge in [-0.3, -0.25) is 0 Å². The average Bonchev–Trinajstić information content (AvgIpc) is 2.61. The molecule has 2 aromatic rings. The van der Waals surface area contributed by atoms with Crippen molar-refractivity contribution < 1.29 is 4.52 Å². The lowest BCUT2D eigenvalue weighted by Crippen LogP contribution is -2.42. The average molecular weight is 249 g/mol. The molecule has 0 atom stereocenters. The van der Waals surface area contributed by atoms with E-state index in [1.54, 1.807) is 6.26 Å². The van der Waals surface area contributed by atoms with Gasteiger partial charge in [-0.25, -0.2) is 0 Å². The van der Waals surface area contributed by atoms with Crippen molar-refractivity contribution in [3.8, 4) is 0 Å². The van der Waals surface area contributed by atoms with Crippen molar-refractivity contribution in [1.29, 1.82) is 0 Å². The number of aromatic nitrogens is 1. The molecule has 0 bridgehead atoms. The molecule has 0 saturated carbocycles. The molecule has 0 spiro atoms. The second kappa shape index (κ2) is 4.33. The molecular formula is C12H15N3OS. The number of anilines is 1. The molecule has 90 valence electrons. The Balaban J connectivity index is 2.10. The first-order chi connectivity index (χ1) is 7.94. The van der Waals surface area contributed by atoms with Gasteiger partial charge in [-0.1, -0.05) is 5.16 Å². The zero-order valence-electron chi connectivity index (χ0n) is 10.1. The Bertz CT molecular complexity index is 542. The van der Waals surface area contributed by atoms with Crippen LogP contribution in [0.5, 0.6) is 0 Å². The fourth-order valence-corrected chi connectivity index (χ4v) is 1.87. The Morgan fingerprint density at radius 3 is 2.82 bits per heavy atom. The molecule has 4 nitrogen and oxygen atoms in total. The molecule has 1 aromatic heterocycles. The summed E-state index contributed by atoms with van der Waals surface area (Å²) in [4.78, 5) is 0. The van der Waals surface area contributed by atoms with Crippen molar-refractivity contribution >= 4 is 33.9 Å². The van der Waals surface area contributed by atoms with Crippen LogP contribution in [0.1, 0.15) is 20.8 Å². The van der Waals surface area contributed by atoms with Crippen molar-refractivity contribution in [1.82, 2.24) is 10.5 Å². The number of hydrogen-bond donors (Lipinski definition) is 2. The summed E-state index contributed by atoms with van der Waals surface area (Å²) in [7, 11) is 0. The van der Waals surface area contributed by atoms with Gasteiger partial charge >= 0.3 is 0 Å². The standard InChI is InChI=1S/C12H15N3OS/c1-12(2,3)14-11(17)13-9-5-4-8-7-16-15-10(8)6-9/h4-7H,1-3H3,(H2,13,14,17). The Morgan fingerprint density at radius 2 is 2.12 bits per heavy atom. The van der Waals surface area contributed by atoms with Crippen LogP contribution < -0.4 is 10.6 Å². The first-order valence-corrected chi connectivity index (χ1v) is 5.78. The Morgan fingerprint density at radius 1 is 1.35 bits per heavy atom. The van der Waals surface area contributed by atoms with E-state index in [0.717, 1.165) is 16.6 Å². The quantitative estimate of drug-likeness (QED) is 0.761. The smallest absolute Gasteiger partial charge is 0.171 e. The van der Waals surface area contributed by atoms with E-state index in [9.17, 15) is 0 Å². The molecule has 2 rings (SSSR count). The predicted molar refractivity (Wildman–Crippen MR) is 73.1 cm³/mol. The summed E-state index contributed by atoms with van der Waals surface area (Å²) in [6.45, 7) is 6.17. The topological polar surface area (TPSA) is 50.1 Å². The summed E-state index contributed by atoms with van der Waals surface area (Å²) < 4.78 is 4.88. The molecule has 1 aromatic carbocycles. The van der Waals surface area contributed by atoms with Crippen LogP contribution >= 0.6 is 12.2 Å². The van der Waals surface area contributed by atoms with Gasteiger partial charge < -0.3 is 15.2 Å². The molecule has 0 saturated heterocycles. The van der Waals surface area contributed by atoms with Crippen LogP contribution in [-0.2, 0) is 0 Å². The summed E-state index contributed by atoms with van der Waals surface area (Å²) in [5.41, 5.74) is 1.66. The molecule has 17 heavy (non-hydrogen) atoms. The number of rotatable bonds is 1. The van der Waals surface area contributed by atoms with Crippen LogP contribution in [0, 0.1) is 0 Å². The van der Waals surface area contributed by atoms with E-state index in [-0.39, 0.29) is 5.54 Å². The first kappa shape index (κ1) is 11.9. The molecule has 2 N–H and O–H groups in total. The number of nitrogens with one attached hydrogen (secondary N) is 2. The summed E-state index contributed by atoms with van der Waals surface area (Å²) >= 11 is 5.22. The fraction of sp³-hybridized carbons (Fsp3) is 0.333. The minimum Gasteiger partial charge on any atom is -0.364 e. The zero-order chi connectivity index (χ0) is 12.5. The molecule has 0 aliphatic rings. The van der Waals surface area contributed by atoms with Gasteiger partial charge in [-0.15, -0.1) is 0 Å². The number of nitrogens with zero attached hydrogens (tertiary/aromatic N) is 1. The van der Waals surface area contributed by atoms with E-state index < -0.39 is 0 Å². The summed E-state index contributed by atoms with van der Waals surface area (Å²) in [6.07, 6.45) is 1.62. The third-order valence-corrected chi connectivity index (χ3v) is 2.31. The van der Waals surface area contributed by atoms with Crippen LogP contribution in [0.2, 0.25) is 0 Å². The molecule has 0 aliphatic carbocycles. The van der Waals surface area contributed by atoms with Crippen LogP contribution in [0.4, 0.5) is 5.69 Å². The van der Waals surface area contributed by atoms with Gasteiger partial charge in [0, 0.05) is 16.6 Å². The van der Waals surface area contributed by atoms with E-state index in [4.69, 9.17) is 16.7 Å². The fourth-order valence-electron chi connectivity index (χ4n) is 1.44. The lowest BCUT2D eigenvalue weighted by atomic mass is 10.1. The van der Waals surface area contributed by atoms with Gasteiger partial charge in [-0.2, -0.15) is 0 Å². The Kier molecular flexibility index (Phi) is 3.02. The van der Waals surface area contributed by atoms with Crippen molar-refractivity contribution in [2.75, 3.05) is 5.32 Å². The minimum absolute atomic E-state index is 0.0535. The van der Waals surface area contributed by atoms with Gasteiger partial charge in [-0.05, 0) is 51.2 Å². The number of hydrogen-bond acceptors (Lipinski definition) is 3. The largest absolute Gasteiger partial charge is 0.364 e. The van der Waals surface area contributed by atoms with E-state index in [2.05, 4.69) is 36.6 Å². The third-order valence-electron chi connectivity index (χ3n) is 2.11.